The van der Waals surface area contributed by atoms with E-state index in [2.05, 4.69) is 21.4 Å². The standard InChI is InChI=1S/C21H23N3O4S/c1-15(12-13-29(2,26)27)23-20(25)19-21(28-17-10-4-3-5-11-17)24-18(14-22-19)16-8-6-7-9-16/h3-5,8,10-15H,6-7,9H2,1-2H3,(H,23,25)/b13-12+. The number of carbonyl (C=O) groups is 1. The van der Waals surface area contributed by atoms with E-state index in [1.807, 2.05) is 18.2 Å². The van der Waals surface area contributed by atoms with Gasteiger partial charge in [-0.15, -0.1) is 0 Å². The Morgan fingerprint density at radius 3 is 2.69 bits per heavy atom. The second-order valence-corrected chi connectivity index (χ2v) is 8.80. The number of allylic oxidation sites excluding steroid dienone is 2. The van der Waals surface area contributed by atoms with Gasteiger partial charge in [-0.1, -0.05) is 30.4 Å². The monoisotopic (exact) mass is 413 g/mol. The molecule has 3 rings (SSSR count). The smallest absolute Gasteiger partial charge is 0.275 e. The lowest BCUT2D eigenvalue weighted by molar-refractivity contribution is 0.0938. The molecule has 1 aromatic carbocycles. The first-order valence-corrected chi connectivity index (χ1v) is 11.3. The Kier molecular flexibility index (Phi) is 6.43. The Morgan fingerprint density at radius 1 is 1.28 bits per heavy atom. The number of hydrogen-bond donors (Lipinski definition) is 1. The zero-order valence-corrected chi connectivity index (χ0v) is 17.1. The lowest BCUT2D eigenvalue weighted by Gasteiger charge is -2.13. The van der Waals surface area contributed by atoms with E-state index in [1.54, 1.807) is 25.3 Å². The molecule has 0 bridgehead atoms. The molecule has 0 radical (unpaired) electrons. The normalized spacial score (nSPS) is 15.2. The summed E-state index contributed by atoms with van der Waals surface area (Å²) in [6.45, 7) is 1.67. The summed E-state index contributed by atoms with van der Waals surface area (Å²) in [5, 5.41) is 3.75. The van der Waals surface area contributed by atoms with E-state index in [1.165, 1.54) is 6.08 Å². The number of hydrogen-bond acceptors (Lipinski definition) is 6. The second-order valence-electron chi connectivity index (χ2n) is 6.87. The minimum absolute atomic E-state index is 0.0378. The van der Waals surface area contributed by atoms with Crippen LogP contribution in [0.1, 0.15) is 42.4 Å². The maximum atomic E-state index is 12.7. The van der Waals surface area contributed by atoms with Crippen LogP contribution in [0.4, 0.5) is 0 Å². The average Bonchev–Trinajstić information content (AvgIpc) is 3.21. The molecule has 29 heavy (non-hydrogen) atoms. The first-order valence-electron chi connectivity index (χ1n) is 9.30. The van der Waals surface area contributed by atoms with Gasteiger partial charge in [-0.25, -0.2) is 18.4 Å². The van der Waals surface area contributed by atoms with Crippen molar-refractivity contribution in [3.8, 4) is 11.6 Å². The molecule has 0 fully saturated rings. The van der Waals surface area contributed by atoms with Gasteiger partial charge in [0.25, 0.3) is 11.8 Å². The predicted octanol–water partition coefficient (Wildman–Crippen LogP) is 3.51. The summed E-state index contributed by atoms with van der Waals surface area (Å²) in [4.78, 5) is 21.6. The molecule has 1 aliphatic carbocycles. The molecular formula is C21H23N3O4S. The number of nitrogens with zero attached hydrogens (tertiary/aromatic N) is 2. The second kappa shape index (κ2) is 9.00. The van der Waals surface area contributed by atoms with Crippen molar-refractivity contribution < 1.29 is 17.9 Å². The number of rotatable bonds is 7. The maximum absolute atomic E-state index is 12.7. The van der Waals surface area contributed by atoms with Gasteiger partial charge in [0, 0.05) is 17.7 Å². The number of carbonyl (C=O) groups excluding carboxylic acids is 1. The fourth-order valence-electron chi connectivity index (χ4n) is 2.84. The third kappa shape index (κ3) is 5.99. The van der Waals surface area contributed by atoms with Crippen molar-refractivity contribution in [3.63, 3.8) is 0 Å². The van der Waals surface area contributed by atoms with E-state index in [0.29, 0.717) is 11.4 Å². The molecule has 1 unspecified atom stereocenters. The molecule has 0 saturated carbocycles. The molecule has 1 aromatic heterocycles. The summed E-state index contributed by atoms with van der Waals surface area (Å²) in [7, 11) is -3.27. The van der Waals surface area contributed by atoms with E-state index in [-0.39, 0.29) is 11.6 Å². The highest BCUT2D eigenvalue weighted by atomic mass is 32.2. The molecule has 1 atom stereocenters. The molecule has 7 nitrogen and oxygen atoms in total. The van der Waals surface area contributed by atoms with Gasteiger partial charge in [0.1, 0.15) is 5.75 Å². The number of amides is 1. The van der Waals surface area contributed by atoms with Crippen molar-refractivity contribution in [2.75, 3.05) is 6.26 Å². The van der Waals surface area contributed by atoms with Crippen molar-refractivity contribution >= 4 is 21.3 Å². The number of aromatic nitrogens is 2. The van der Waals surface area contributed by atoms with Gasteiger partial charge in [0.05, 0.1) is 11.9 Å². The van der Waals surface area contributed by atoms with Crippen LogP contribution in [-0.2, 0) is 9.84 Å². The Labute approximate surface area is 170 Å². The SMILES string of the molecule is CC(/C=C/S(C)(=O)=O)NC(=O)c1ncc(C2=CCCC2)nc1Oc1ccccc1. The van der Waals surface area contributed by atoms with Crippen LogP contribution >= 0.6 is 0 Å². The summed E-state index contributed by atoms with van der Waals surface area (Å²) < 4.78 is 28.4. The van der Waals surface area contributed by atoms with Crippen LogP contribution in [0.3, 0.4) is 0 Å². The Morgan fingerprint density at radius 2 is 2.03 bits per heavy atom. The number of benzene rings is 1. The summed E-state index contributed by atoms with van der Waals surface area (Å²) in [6, 6.07) is 8.53. The van der Waals surface area contributed by atoms with Crippen LogP contribution in [0, 0.1) is 0 Å². The highest BCUT2D eigenvalue weighted by Crippen LogP contribution is 2.29. The predicted molar refractivity (Wildman–Crippen MR) is 111 cm³/mol. The minimum atomic E-state index is -3.27. The molecule has 1 heterocycles. The number of sulfone groups is 1. The third-order valence-corrected chi connectivity index (χ3v) is 4.91. The van der Waals surface area contributed by atoms with E-state index >= 15 is 0 Å². The van der Waals surface area contributed by atoms with Crippen LogP contribution in [0.25, 0.3) is 5.57 Å². The fraction of sp³-hybridized carbons (Fsp3) is 0.286. The van der Waals surface area contributed by atoms with E-state index in [9.17, 15) is 13.2 Å². The molecule has 1 amide bonds. The third-order valence-electron chi connectivity index (χ3n) is 4.26. The van der Waals surface area contributed by atoms with Crippen LogP contribution in [0.2, 0.25) is 0 Å². The van der Waals surface area contributed by atoms with E-state index < -0.39 is 21.8 Å². The molecule has 8 heteroatoms. The first-order chi connectivity index (χ1) is 13.8. The Bertz CT molecular complexity index is 1050. The van der Waals surface area contributed by atoms with Crippen molar-refractivity contribution in [2.45, 2.75) is 32.2 Å². The number of ether oxygens (including phenoxy) is 1. The minimum Gasteiger partial charge on any atom is -0.437 e. The van der Waals surface area contributed by atoms with Gasteiger partial charge >= 0.3 is 0 Å². The molecule has 0 saturated heterocycles. The van der Waals surface area contributed by atoms with Crippen LogP contribution < -0.4 is 10.1 Å². The van der Waals surface area contributed by atoms with Gasteiger partial charge in [-0.2, -0.15) is 0 Å². The molecule has 0 spiro atoms. The Hall–Kier alpha value is -3.00. The van der Waals surface area contributed by atoms with Gasteiger partial charge in [-0.05, 0) is 43.9 Å². The summed E-state index contributed by atoms with van der Waals surface area (Å²) in [6.07, 6.45) is 9.16. The highest BCUT2D eigenvalue weighted by molar-refractivity contribution is 7.93. The summed E-state index contributed by atoms with van der Waals surface area (Å²) >= 11 is 0. The Balaban J connectivity index is 1.87. The molecule has 1 aliphatic rings. The van der Waals surface area contributed by atoms with Gasteiger partial charge < -0.3 is 10.1 Å². The van der Waals surface area contributed by atoms with Gasteiger partial charge in [0.15, 0.2) is 15.5 Å². The van der Waals surface area contributed by atoms with E-state index in [4.69, 9.17) is 4.74 Å². The topological polar surface area (TPSA) is 98.2 Å². The van der Waals surface area contributed by atoms with Crippen LogP contribution in [0.15, 0.2) is 54.1 Å². The van der Waals surface area contributed by atoms with Crippen LogP contribution in [0.5, 0.6) is 11.6 Å². The summed E-state index contributed by atoms with van der Waals surface area (Å²) in [5.74, 6) is 0.151. The molecule has 152 valence electrons. The molecule has 1 N–H and O–H groups in total. The molecule has 2 aromatic rings. The largest absolute Gasteiger partial charge is 0.437 e. The molecule has 0 aliphatic heterocycles. The van der Waals surface area contributed by atoms with E-state index in [0.717, 1.165) is 36.5 Å². The van der Waals surface area contributed by atoms with Crippen molar-refractivity contribution in [1.82, 2.24) is 15.3 Å². The van der Waals surface area contributed by atoms with Crippen molar-refractivity contribution in [1.29, 1.82) is 0 Å². The molecular weight excluding hydrogens is 390 g/mol. The zero-order chi connectivity index (χ0) is 20.9. The number of para-hydroxylation sites is 1. The maximum Gasteiger partial charge on any atom is 0.275 e. The average molecular weight is 413 g/mol. The first kappa shape index (κ1) is 20.7. The van der Waals surface area contributed by atoms with Gasteiger partial charge in [0.2, 0.25) is 0 Å². The lowest BCUT2D eigenvalue weighted by atomic mass is 10.2. The summed E-state index contributed by atoms with van der Waals surface area (Å²) in [5.41, 5.74) is 1.82. The lowest BCUT2D eigenvalue weighted by Crippen LogP contribution is -2.32. The highest BCUT2D eigenvalue weighted by Gasteiger charge is 2.20. The van der Waals surface area contributed by atoms with Crippen molar-refractivity contribution in [3.05, 3.63) is 65.5 Å². The van der Waals surface area contributed by atoms with Crippen LogP contribution in [-0.4, -0.2) is 36.6 Å². The van der Waals surface area contributed by atoms with Crippen molar-refractivity contribution in [2.24, 2.45) is 0 Å². The van der Waals surface area contributed by atoms with Gasteiger partial charge in [-0.3, -0.25) is 4.79 Å². The fourth-order valence-corrected chi connectivity index (χ4v) is 3.36. The number of nitrogens with one attached hydrogen (secondary N) is 1. The quantitative estimate of drug-likeness (QED) is 0.746. The zero-order valence-electron chi connectivity index (χ0n) is 16.3.